The number of alkyl halides is 5. The molecule has 0 aliphatic carbocycles. The Morgan fingerprint density at radius 2 is 1.20 bits per heavy atom. The van der Waals surface area contributed by atoms with Crippen molar-refractivity contribution in [3.8, 4) is 0 Å². The summed E-state index contributed by atoms with van der Waals surface area (Å²) in [5.74, 6) is -8.70. The standard InChI is InChI=1S/C11H11F5O4/c1-5(2)7(17)19-9(20-8(18)6(3)4)10(12,13)11(14,15)16/h9H,1,3H2,2,4H3. The van der Waals surface area contributed by atoms with Crippen molar-refractivity contribution in [1.82, 2.24) is 0 Å². The van der Waals surface area contributed by atoms with Crippen LogP contribution in [0.3, 0.4) is 0 Å². The van der Waals surface area contributed by atoms with Crippen LogP contribution in [0.25, 0.3) is 0 Å². The van der Waals surface area contributed by atoms with E-state index in [2.05, 4.69) is 22.6 Å². The maximum Gasteiger partial charge on any atom is 0.461 e. The minimum Gasteiger partial charge on any atom is -0.415 e. The number of ether oxygens (including phenoxy) is 2. The monoisotopic (exact) mass is 302 g/mol. The highest BCUT2D eigenvalue weighted by Gasteiger charge is 2.66. The minimum atomic E-state index is -6.08. The normalized spacial score (nSPS) is 12.0. The van der Waals surface area contributed by atoms with Crippen molar-refractivity contribution in [3.05, 3.63) is 24.3 Å². The van der Waals surface area contributed by atoms with Gasteiger partial charge < -0.3 is 9.47 Å². The Morgan fingerprint density at radius 1 is 0.900 bits per heavy atom. The van der Waals surface area contributed by atoms with E-state index in [9.17, 15) is 31.5 Å². The largest absolute Gasteiger partial charge is 0.461 e. The van der Waals surface area contributed by atoms with E-state index in [1.165, 1.54) is 0 Å². The number of carbonyl (C=O) groups is 2. The molecule has 0 radical (unpaired) electrons. The predicted molar refractivity (Wildman–Crippen MR) is 56.6 cm³/mol. The van der Waals surface area contributed by atoms with Crippen LogP contribution < -0.4 is 0 Å². The molecule has 0 saturated heterocycles. The molecule has 9 heteroatoms. The third-order valence-electron chi connectivity index (χ3n) is 1.80. The maximum absolute atomic E-state index is 13.1. The van der Waals surface area contributed by atoms with Gasteiger partial charge in [-0.15, -0.1) is 0 Å². The lowest BCUT2D eigenvalue weighted by molar-refractivity contribution is -0.349. The van der Waals surface area contributed by atoms with Gasteiger partial charge in [0.05, 0.1) is 0 Å². The fourth-order valence-corrected chi connectivity index (χ4v) is 0.701. The summed E-state index contributed by atoms with van der Waals surface area (Å²) in [5, 5.41) is 0. The van der Waals surface area contributed by atoms with Gasteiger partial charge in [-0.3, -0.25) is 0 Å². The number of halogens is 5. The van der Waals surface area contributed by atoms with Crippen molar-refractivity contribution in [2.75, 3.05) is 0 Å². The molecule has 0 aromatic carbocycles. The molecule has 0 rings (SSSR count). The zero-order valence-electron chi connectivity index (χ0n) is 10.5. The molecule has 114 valence electrons. The zero-order chi connectivity index (χ0) is 16.3. The summed E-state index contributed by atoms with van der Waals surface area (Å²) in [7, 11) is 0. The first-order valence-electron chi connectivity index (χ1n) is 4.98. The van der Waals surface area contributed by atoms with Gasteiger partial charge in [-0.05, 0) is 13.8 Å². The molecule has 0 fully saturated rings. The summed E-state index contributed by atoms with van der Waals surface area (Å²) in [6.07, 6.45) is -9.54. The molecule has 4 nitrogen and oxygen atoms in total. The summed E-state index contributed by atoms with van der Waals surface area (Å²) in [6.45, 7) is 8.05. The van der Waals surface area contributed by atoms with Crippen molar-refractivity contribution < 1.29 is 41.0 Å². The Morgan fingerprint density at radius 3 is 1.40 bits per heavy atom. The summed E-state index contributed by atoms with van der Waals surface area (Å²) in [4.78, 5) is 22.1. The number of hydrogen-bond donors (Lipinski definition) is 0. The van der Waals surface area contributed by atoms with Gasteiger partial charge in [0.1, 0.15) is 0 Å². The van der Waals surface area contributed by atoms with Gasteiger partial charge >= 0.3 is 30.3 Å². The second-order valence-electron chi connectivity index (χ2n) is 3.82. The highest BCUT2D eigenvalue weighted by molar-refractivity contribution is 5.88. The van der Waals surface area contributed by atoms with Crippen LogP contribution >= 0.6 is 0 Å². The summed E-state index contributed by atoms with van der Waals surface area (Å²) >= 11 is 0. The Hall–Kier alpha value is -1.93. The minimum absolute atomic E-state index is 0.445. The molecule has 0 heterocycles. The molecular weight excluding hydrogens is 291 g/mol. The van der Waals surface area contributed by atoms with Crippen molar-refractivity contribution in [2.45, 2.75) is 32.2 Å². The predicted octanol–water partition coefficient (Wildman–Crippen LogP) is 2.75. The quantitative estimate of drug-likeness (QED) is 0.339. The number of rotatable bonds is 5. The van der Waals surface area contributed by atoms with Gasteiger partial charge in [0.15, 0.2) is 0 Å². The molecule has 0 bridgehead atoms. The van der Waals surface area contributed by atoms with E-state index in [-0.39, 0.29) is 0 Å². The van der Waals surface area contributed by atoms with Crippen LogP contribution in [0.1, 0.15) is 13.8 Å². The zero-order valence-corrected chi connectivity index (χ0v) is 10.5. The maximum atomic E-state index is 13.1. The number of carbonyl (C=O) groups excluding carboxylic acids is 2. The van der Waals surface area contributed by atoms with Crippen LogP contribution in [0.4, 0.5) is 22.0 Å². The summed E-state index contributed by atoms with van der Waals surface area (Å²) < 4.78 is 70.5. The van der Waals surface area contributed by atoms with Crippen LogP contribution in [0.5, 0.6) is 0 Å². The Kier molecular flexibility index (Phi) is 5.44. The molecule has 0 saturated carbocycles. The molecule has 0 aliphatic heterocycles. The molecule has 0 atom stereocenters. The fraction of sp³-hybridized carbons (Fsp3) is 0.455. The van der Waals surface area contributed by atoms with Gasteiger partial charge in [0, 0.05) is 11.1 Å². The smallest absolute Gasteiger partial charge is 0.415 e. The first kappa shape index (κ1) is 18.1. The van der Waals surface area contributed by atoms with E-state index in [4.69, 9.17) is 0 Å². The van der Waals surface area contributed by atoms with Crippen LogP contribution in [0.15, 0.2) is 24.3 Å². The van der Waals surface area contributed by atoms with Gasteiger partial charge in [-0.25, -0.2) is 9.59 Å². The molecule has 0 amide bonds. The Bertz CT molecular complexity index is 411. The molecule has 0 aromatic heterocycles. The lowest BCUT2D eigenvalue weighted by Crippen LogP contribution is -2.51. The first-order chi connectivity index (χ1) is 8.80. The third kappa shape index (κ3) is 4.32. The van der Waals surface area contributed by atoms with E-state index >= 15 is 0 Å². The lowest BCUT2D eigenvalue weighted by atomic mass is 10.3. The Balaban J connectivity index is 5.37. The highest BCUT2D eigenvalue weighted by Crippen LogP contribution is 2.40. The second kappa shape index (κ2) is 6.02. The number of hydrogen-bond acceptors (Lipinski definition) is 4. The van der Waals surface area contributed by atoms with Crippen LogP contribution in [0, 0.1) is 0 Å². The molecule has 0 aliphatic rings. The fourth-order valence-electron chi connectivity index (χ4n) is 0.701. The van der Waals surface area contributed by atoms with E-state index in [1.807, 2.05) is 0 Å². The first-order valence-corrected chi connectivity index (χ1v) is 4.98. The van der Waals surface area contributed by atoms with Crippen molar-refractivity contribution in [3.63, 3.8) is 0 Å². The third-order valence-corrected chi connectivity index (χ3v) is 1.80. The van der Waals surface area contributed by atoms with Crippen molar-refractivity contribution in [1.29, 1.82) is 0 Å². The molecule has 0 aromatic rings. The lowest BCUT2D eigenvalue weighted by Gasteiger charge is -2.27. The molecular formula is C11H11F5O4. The van der Waals surface area contributed by atoms with Crippen LogP contribution in [-0.2, 0) is 19.1 Å². The summed E-state index contributed by atoms with van der Waals surface area (Å²) in [6, 6.07) is 0. The Labute approximate surface area is 110 Å². The number of esters is 2. The SMILES string of the molecule is C=C(C)C(=O)OC(OC(=O)C(=C)C)C(F)(F)C(F)(F)F. The second-order valence-corrected chi connectivity index (χ2v) is 3.82. The van der Waals surface area contributed by atoms with Crippen LogP contribution in [0.2, 0.25) is 0 Å². The van der Waals surface area contributed by atoms with Gasteiger partial charge in [0.2, 0.25) is 0 Å². The van der Waals surface area contributed by atoms with Crippen molar-refractivity contribution in [2.24, 2.45) is 0 Å². The van der Waals surface area contributed by atoms with Gasteiger partial charge in [-0.2, -0.15) is 22.0 Å². The van der Waals surface area contributed by atoms with E-state index in [1.54, 1.807) is 0 Å². The van der Waals surface area contributed by atoms with E-state index < -0.39 is 41.5 Å². The molecule has 0 spiro atoms. The summed E-state index contributed by atoms with van der Waals surface area (Å²) in [5.41, 5.74) is -0.890. The van der Waals surface area contributed by atoms with E-state index in [0.717, 1.165) is 13.8 Å². The molecule has 0 unspecified atom stereocenters. The van der Waals surface area contributed by atoms with Gasteiger partial charge in [0.25, 0.3) is 0 Å². The van der Waals surface area contributed by atoms with E-state index in [0.29, 0.717) is 0 Å². The molecule has 20 heavy (non-hydrogen) atoms. The average molecular weight is 302 g/mol. The topological polar surface area (TPSA) is 52.6 Å². The van der Waals surface area contributed by atoms with Crippen molar-refractivity contribution >= 4 is 11.9 Å². The van der Waals surface area contributed by atoms with Crippen LogP contribution in [-0.4, -0.2) is 30.3 Å². The van der Waals surface area contributed by atoms with Gasteiger partial charge in [-0.1, -0.05) is 13.2 Å². The molecule has 0 N–H and O–H groups in total. The average Bonchev–Trinajstić information content (AvgIpc) is 2.25. The highest BCUT2D eigenvalue weighted by atomic mass is 19.4.